The maximum absolute atomic E-state index is 3.71. The third-order valence-corrected chi connectivity index (χ3v) is 6.69. The van der Waals surface area contributed by atoms with E-state index in [1.807, 2.05) is 11.3 Å². The minimum absolute atomic E-state index is 0.870. The van der Waals surface area contributed by atoms with Gasteiger partial charge >= 0.3 is 0 Å². The molecule has 3 heteroatoms. The predicted octanol–water partition coefficient (Wildman–Crippen LogP) is 5.50. The number of rotatable bonds is 7. The quantitative estimate of drug-likeness (QED) is 0.679. The molecule has 1 heterocycles. The smallest absolute Gasteiger partial charge is 0.0314 e. The lowest BCUT2D eigenvalue weighted by Gasteiger charge is -2.36. The lowest BCUT2D eigenvalue weighted by atomic mass is 9.71. The summed E-state index contributed by atoms with van der Waals surface area (Å²) in [4.78, 5) is 1.55. The Labute approximate surface area is 136 Å². The summed E-state index contributed by atoms with van der Waals surface area (Å²) in [5.74, 6) is 2.72. The van der Waals surface area contributed by atoms with E-state index in [9.17, 15) is 0 Å². The summed E-state index contributed by atoms with van der Waals surface area (Å²) in [6.45, 7) is 6.86. The fourth-order valence-corrected chi connectivity index (χ4v) is 5.26. The molecular weight excluding hydrogens is 330 g/mol. The highest BCUT2D eigenvalue weighted by molar-refractivity contribution is 9.10. The zero-order chi connectivity index (χ0) is 14.4. The molecule has 0 radical (unpaired) electrons. The van der Waals surface area contributed by atoms with Gasteiger partial charge in [-0.05, 0) is 77.5 Å². The van der Waals surface area contributed by atoms with Gasteiger partial charge in [0.25, 0.3) is 0 Å². The van der Waals surface area contributed by atoms with Crippen molar-refractivity contribution < 1.29 is 0 Å². The fourth-order valence-electron chi connectivity index (χ4n) is 3.65. The second-order valence-corrected chi connectivity index (χ2v) is 8.05. The van der Waals surface area contributed by atoms with Crippen molar-refractivity contribution in [3.8, 4) is 0 Å². The van der Waals surface area contributed by atoms with Gasteiger partial charge < -0.3 is 5.32 Å². The summed E-state index contributed by atoms with van der Waals surface area (Å²) in [6.07, 6.45) is 8.36. The molecule has 1 aromatic heterocycles. The van der Waals surface area contributed by atoms with Crippen molar-refractivity contribution in [3.05, 3.63) is 20.8 Å². The van der Waals surface area contributed by atoms with Gasteiger partial charge in [-0.25, -0.2) is 0 Å². The molecule has 1 aromatic rings. The molecule has 0 aliphatic heterocycles. The lowest BCUT2D eigenvalue weighted by molar-refractivity contribution is 0.168. The molecule has 1 aliphatic rings. The Kier molecular flexibility index (Phi) is 7.06. The van der Waals surface area contributed by atoms with Gasteiger partial charge in [0.1, 0.15) is 0 Å². The Bertz CT molecular complexity index is 390. The first-order chi connectivity index (χ1) is 9.74. The molecule has 20 heavy (non-hydrogen) atoms. The normalized spacial score (nSPS) is 26.9. The van der Waals surface area contributed by atoms with Crippen LogP contribution in [-0.4, -0.2) is 13.1 Å². The first kappa shape index (κ1) is 16.5. The zero-order valence-corrected chi connectivity index (χ0v) is 15.2. The summed E-state index contributed by atoms with van der Waals surface area (Å²) in [5.41, 5.74) is 0. The van der Waals surface area contributed by atoms with Crippen molar-refractivity contribution >= 4 is 27.3 Å². The van der Waals surface area contributed by atoms with Crippen molar-refractivity contribution in [3.63, 3.8) is 0 Å². The first-order valence-corrected chi connectivity index (χ1v) is 9.84. The van der Waals surface area contributed by atoms with E-state index in [0.717, 1.165) is 24.3 Å². The van der Waals surface area contributed by atoms with E-state index in [2.05, 4.69) is 46.5 Å². The minimum Gasteiger partial charge on any atom is -0.317 e. The third kappa shape index (κ3) is 4.57. The number of nitrogens with one attached hydrogen (secondary N) is 1. The number of hydrogen-bond donors (Lipinski definition) is 1. The molecule has 1 fully saturated rings. The monoisotopic (exact) mass is 357 g/mol. The highest BCUT2D eigenvalue weighted by atomic mass is 79.9. The minimum atomic E-state index is 0.870. The van der Waals surface area contributed by atoms with Crippen molar-refractivity contribution in [1.82, 2.24) is 5.32 Å². The Morgan fingerprint density at radius 1 is 1.30 bits per heavy atom. The standard InChI is InChI=1S/C17H28BrNS/c1-3-5-13-6-7-14(12-19-4-2)15(10-13)11-17-16(18)8-9-20-17/h8-9,13-15,19H,3-7,10-12H2,1-2H3. The third-order valence-electron chi connectivity index (χ3n) is 4.74. The summed E-state index contributed by atoms with van der Waals surface area (Å²) in [7, 11) is 0. The van der Waals surface area contributed by atoms with Crippen LogP contribution in [0.1, 0.15) is 50.8 Å². The number of halogens is 1. The molecule has 1 N–H and O–H groups in total. The Hall–Kier alpha value is 0.140. The predicted molar refractivity (Wildman–Crippen MR) is 93.5 cm³/mol. The fraction of sp³-hybridized carbons (Fsp3) is 0.765. The second-order valence-electron chi connectivity index (χ2n) is 6.19. The van der Waals surface area contributed by atoms with Gasteiger partial charge in [0.2, 0.25) is 0 Å². The van der Waals surface area contributed by atoms with Crippen LogP contribution in [0, 0.1) is 17.8 Å². The lowest BCUT2D eigenvalue weighted by Crippen LogP contribution is -2.34. The van der Waals surface area contributed by atoms with Crippen LogP contribution in [0.3, 0.4) is 0 Å². The summed E-state index contributed by atoms with van der Waals surface area (Å²) in [5, 5.41) is 5.79. The average Bonchev–Trinajstić information content (AvgIpc) is 2.84. The number of thiophene rings is 1. The van der Waals surface area contributed by atoms with Crippen molar-refractivity contribution in [2.75, 3.05) is 13.1 Å². The molecule has 3 atom stereocenters. The van der Waals surface area contributed by atoms with Crippen molar-refractivity contribution in [1.29, 1.82) is 0 Å². The van der Waals surface area contributed by atoms with Gasteiger partial charge in [0.15, 0.2) is 0 Å². The molecule has 0 bridgehead atoms. The highest BCUT2D eigenvalue weighted by Gasteiger charge is 2.30. The van der Waals surface area contributed by atoms with Gasteiger partial charge in [-0.3, -0.25) is 0 Å². The molecule has 1 nitrogen and oxygen atoms in total. The number of hydrogen-bond acceptors (Lipinski definition) is 2. The molecule has 2 rings (SSSR count). The maximum Gasteiger partial charge on any atom is 0.0314 e. The van der Waals surface area contributed by atoms with Crippen molar-refractivity contribution in [2.45, 2.75) is 52.4 Å². The van der Waals surface area contributed by atoms with Crippen LogP contribution in [0.2, 0.25) is 0 Å². The van der Waals surface area contributed by atoms with Crippen LogP contribution in [0.25, 0.3) is 0 Å². The van der Waals surface area contributed by atoms with Crippen molar-refractivity contribution in [2.24, 2.45) is 17.8 Å². The molecule has 114 valence electrons. The van der Waals surface area contributed by atoms with Gasteiger partial charge in [0.05, 0.1) is 0 Å². The van der Waals surface area contributed by atoms with Crippen LogP contribution >= 0.6 is 27.3 Å². The second kappa shape index (κ2) is 8.55. The molecule has 0 spiro atoms. The first-order valence-electron chi connectivity index (χ1n) is 8.17. The van der Waals surface area contributed by atoms with Crippen LogP contribution in [0.5, 0.6) is 0 Å². The SMILES string of the molecule is CCCC1CCC(CNCC)C(Cc2sccc2Br)C1. The Morgan fingerprint density at radius 3 is 2.80 bits per heavy atom. The molecule has 3 unspecified atom stereocenters. The zero-order valence-electron chi connectivity index (χ0n) is 12.8. The van der Waals surface area contributed by atoms with Gasteiger partial charge in [-0.15, -0.1) is 11.3 Å². The van der Waals surface area contributed by atoms with E-state index in [-0.39, 0.29) is 0 Å². The largest absolute Gasteiger partial charge is 0.317 e. The Morgan fingerprint density at radius 2 is 2.15 bits per heavy atom. The van der Waals surface area contributed by atoms with Crippen LogP contribution in [0.15, 0.2) is 15.9 Å². The van der Waals surface area contributed by atoms with E-state index >= 15 is 0 Å². The topological polar surface area (TPSA) is 12.0 Å². The van der Waals surface area contributed by atoms with E-state index in [1.54, 1.807) is 4.88 Å². The van der Waals surface area contributed by atoms with Gasteiger partial charge in [-0.2, -0.15) is 0 Å². The highest BCUT2D eigenvalue weighted by Crippen LogP contribution is 2.39. The molecular formula is C17H28BrNS. The summed E-state index contributed by atoms with van der Waals surface area (Å²) < 4.78 is 1.32. The van der Waals surface area contributed by atoms with Crippen LogP contribution in [0.4, 0.5) is 0 Å². The van der Waals surface area contributed by atoms with E-state index < -0.39 is 0 Å². The summed E-state index contributed by atoms with van der Waals surface area (Å²) in [6, 6.07) is 2.20. The molecule has 0 aromatic carbocycles. The van der Waals surface area contributed by atoms with E-state index in [1.165, 1.54) is 49.5 Å². The maximum atomic E-state index is 3.71. The molecule has 1 saturated carbocycles. The molecule has 0 saturated heterocycles. The summed E-state index contributed by atoms with van der Waals surface area (Å²) >= 11 is 5.62. The van der Waals surface area contributed by atoms with E-state index in [4.69, 9.17) is 0 Å². The van der Waals surface area contributed by atoms with Crippen LogP contribution < -0.4 is 5.32 Å². The van der Waals surface area contributed by atoms with Crippen LogP contribution in [-0.2, 0) is 6.42 Å². The molecule has 0 amide bonds. The van der Waals surface area contributed by atoms with Gasteiger partial charge in [-0.1, -0.05) is 33.1 Å². The van der Waals surface area contributed by atoms with Gasteiger partial charge in [0, 0.05) is 9.35 Å². The Balaban J connectivity index is 1.99. The van der Waals surface area contributed by atoms with E-state index in [0.29, 0.717) is 0 Å². The molecule has 1 aliphatic carbocycles. The average molecular weight is 358 g/mol.